The summed E-state index contributed by atoms with van der Waals surface area (Å²) in [6, 6.07) is 45.4. The number of aromatic nitrogens is 6. The lowest BCUT2D eigenvalue weighted by molar-refractivity contribution is 0.890. The Morgan fingerprint density at radius 2 is 1.10 bits per heavy atom. The molecule has 0 atom stereocenters. The van der Waals surface area contributed by atoms with Crippen molar-refractivity contribution in [3.8, 4) is 34.2 Å². The van der Waals surface area contributed by atoms with Crippen LogP contribution in [0.5, 0.6) is 0 Å². The highest BCUT2D eigenvalue weighted by Crippen LogP contribution is 2.31. The van der Waals surface area contributed by atoms with Crippen molar-refractivity contribution in [1.82, 2.24) is 28.7 Å². The zero-order valence-corrected chi connectivity index (χ0v) is 20.9. The Morgan fingerprint density at radius 1 is 0.462 bits per heavy atom. The van der Waals surface area contributed by atoms with Gasteiger partial charge in [-0.25, -0.2) is 14.6 Å². The highest BCUT2D eigenvalue weighted by atomic mass is 15.4. The van der Waals surface area contributed by atoms with Crippen LogP contribution >= 0.6 is 0 Å². The van der Waals surface area contributed by atoms with E-state index in [2.05, 4.69) is 87.8 Å². The normalized spacial score (nSPS) is 11.6. The zero-order chi connectivity index (χ0) is 25.8. The summed E-state index contributed by atoms with van der Waals surface area (Å²) in [7, 11) is 0. The minimum absolute atomic E-state index is 0.679. The second kappa shape index (κ2) is 8.53. The van der Waals surface area contributed by atoms with Crippen LogP contribution in [0.25, 0.3) is 62.0 Å². The van der Waals surface area contributed by atoms with Crippen molar-refractivity contribution < 1.29 is 0 Å². The van der Waals surface area contributed by atoms with Crippen LogP contribution in [0, 0.1) is 0 Å². The van der Waals surface area contributed by atoms with E-state index in [-0.39, 0.29) is 0 Å². The number of imidazole rings is 2. The fourth-order valence-corrected chi connectivity index (χ4v) is 5.32. The molecule has 0 amide bonds. The topological polar surface area (TPSA) is 52.9 Å². The summed E-state index contributed by atoms with van der Waals surface area (Å²) in [6.07, 6.45) is 0. The molecule has 0 spiro atoms. The summed E-state index contributed by atoms with van der Waals surface area (Å²) in [6.45, 7) is 0. The molecule has 0 radical (unpaired) electrons. The lowest BCUT2D eigenvalue weighted by Crippen LogP contribution is -1.99. The van der Waals surface area contributed by atoms with Crippen molar-refractivity contribution in [3.63, 3.8) is 0 Å². The van der Waals surface area contributed by atoms with Gasteiger partial charge in [-0.1, -0.05) is 72.8 Å². The third kappa shape index (κ3) is 3.39. The van der Waals surface area contributed by atoms with Gasteiger partial charge in [-0.3, -0.25) is 8.97 Å². The van der Waals surface area contributed by atoms with Crippen molar-refractivity contribution in [2.24, 2.45) is 0 Å². The molecule has 0 unspecified atom stereocenters. The van der Waals surface area contributed by atoms with Gasteiger partial charge < -0.3 is 0 Å². The van der Waals surface area contributed by atoms with Crippen molar-refractivity contribution in [3.05, 3.63) is 133 Å². The average molecular weight is 503 g/mol. The first-order chi connectivity index (χ1) is 19.3. The summed E-state index contributed by atoms with van der Waals surface area (Å²) < 4.78 is 6.36. The minimum atomic E-state index is 0.679. The van der Waals surface area contributed by atoms with E-state index in [4.69, 9.17) is 15.1 Å². The first-order valence-corrected chi connectivity index (χ1v) is 12.9. The molecule has 0 saturated heterocycles. The molecule has 3 heterocycles. The van der Waals surface area contributed by atoms with Crippen LogP contribution in [0.2, 0.25) is 0 Å². The lowest BCUT2D eigenvalue weighted by atomic mass is 10.2. The monoisotopic (exact) mass is 502 g/mol. The Balaban J connectivity index is 1.27. The molecule has 6 heteroatoms. The number of benzene rings is 5. The molecular formula is C33H22N6. The van der Waals surface area contributed by atoms with Gasteiger partial charge in [-0.15, -0.1) is 5.10 Å². The van der Waals surface area contributed by atoms with Crippen LogP contribution in [-0.4, -0.2) is 28.7 Å². The lowest BCUT2D eigenvalue weighted by Gasteiger charge is -2.06. The third-order valence-corrected chi connectivity index (χ3v) is 7.13. The van der Waals surface area contributed by atoms with E-state index in [1.165, 1.54) is 0 Å². The SMILES string of the molecule is c1ccc(-c2nc(-c3ccc(-n4c5ccccc5n5c6ccccc6nc45)cc3)nn2-c2ccccc2)cc1. The molecule has 0 saturated carbocycles. The van der Waals surface area contributed by atoms with E-state index in [1.807, 2.05) is 59.3 Å². The summed E-state index contributed by atoms with van der Waals surface area (Å²) in [4.78, 5) is 9.97. The quantitative estimate of drug-likeness (QED) is 0.253. The molecule has 6 nitrogen and oxygen atoms in total. The summed E-state index contributed by atoms with van der Waals surface area (Å²) in [5.74, 6) is 2.38. The smallest absolute Gasteiger partial charge is 0.220 e. The van der Waals surface area contributed by atoms with Crippen molar-refractivity contribution >= 4 is 27.8 Å². The van der Waals surface area contributed by atoms with E-state index in [9.17, 15) is 0 Å². The molecule has 0 aliphatic heterocycles. The first-order valence-electron chi connectivity index (χ1n) is 12.9. The van der Waals surface area contributed by atoms with E-state index < -0.39 is 0 Å². The number of rotatable bonds is 4. The first kappa shape index (κ1) is 21.6. The Kier molecular flexibility index (Phi) is 4.72. The predicted octanol–water partition coefficient (Wildman–Crippen LogP) is 7.35. The number of para-hydroxylation sites is 5. The van der Waals surface area contributed by atoms with Crippen molar-refractivity contribution in [2.45, 2.75) is 0 Å². The van der Waals surface area contributed by atoms with Crippen LogP contribution < -0.4 is 0 Å². The van der Waals surface area contributed by atoms with Crippen molar-refractivity contribution in [1.29, 1.82) is 0 Å². The average Bonchev–Trinajstić information content (AvgIpc) is 3.70. The van der Waals surface area contributed by atoms with E-state index >= 15 is 0 Å². The molecule has 5 aromatic carbocycles. The van der Waals surface area contributed by atoms with E-state index in [1.54, 1.807) is 0 Å². The molecule has 3 aromatic heterocycles. The summed E-state index contributed by atoms with van der Waals surface area (Å²) >= 11 is 0. The third-order valence-electron chi connectivity index (χ3n) is 7.13. The highest BCUT2D eigenvalue weighted by molar-refractivity contribution is 5.92. The van der Waals surface area contributed by atoms with Gasteiger partial charge in [-0.05, 0) is 60.7 Å². The van der Waals surface area contributed by atoms with Gasteiger partial charge in [0.2, 0.25) is 5.78 Å². The fourth-order valence-electron chi connectivity index (χ4n) is 5.32. The maximum Gasteiger partial charge on any atom is 0.220 e. The molecule has 8 aromatic rings. The fraction of sp³-hybridized carbons (Fsp3) is 0. The van der Waals surface area contributed by atoms with Crippen LogP contribution in [0.4, 0.5) is 0 Å². The Hall–Kier alpha value is -5.49. The van der Waals surface area contributed by atoms with Gasteiger partial charge in [0, 0.05) is 16.8 Å². The van der Waals surface area contributed by atoms with E-state index in [0.29, 0.717) is 5.82 Å². The number of nitrogens with zero attached hydrogens (tertiary/aromatic N) is 6. The van der Waals surface area contributed by atoms with Gasteiger partial charge in [-0.2, -0.15) is 0 Å². The van der Waals surface area contributed by atoms with Gasteiger partial charge in [0.1, 0.15) is 0 Å². The zero-order valence-electron chi connectivity index (χ0n) is 20.9. The molecule has 184 valence electrons. The molecule has 8 rings (SSSR count). The molecule has 0 fully saturated rings. The summed E-state index contributed by atoms with van der Waals surface area (Å²) in [5, 5.41) is 4.93. The molecule has 0 aliphatic carbocycles. The van der Waals surface area contributed by atoms with Crippen LogP contribution in [0.3, 0.4) is 0 Å². The highest BCUT2D eigenvalue weighted by Gasteiger charge is 2.18. The minimum Gasteiger partial charge on any atom is -0.278 e. The molecule has 0 bridgehead atoms. The molecule has 0 aliphatic rings. The van der Waals surface area contributed by atoms with Crippen LogP contribution in [0.1, 0.15) is 0 Å². The number of hydrogen-bond acceptors (Lipinski definition) is 3. The maximum absolute atomic E-state index is 4.99. The second-order valence-corrected chi connectivity index (χ2v) is 9.48. The standard InChI is InChI=1S/C33H22N6/c1-3-11-24(12-4-1)32-35-31(36-39(32)26-13-5-2-6-14-26)23-19-21-25(22-20-23)37-29-17-9-10-18-30(29)38-28-16-8-7-15-27(28)34-33(37)38/h1-22H. The Bertz CT molecular complexity index is 2040. The van der Waals surface area contributed by atoms with Gasteiger partial charge in [0.25, 0.3) is 0 Å². The number of fused-ring (bicyclic) bond motifs is 5. The Morgan fingerprint density at radius 3 is 1.87 bits per heavy atom. The largest absolute Gasteiger partial charge is 0.278 e. The van der Waals surface area contributed by atoms with Gasteiger partial charge >= 0.3 is 0 Å². The second-order valence-electron chi connectivity index (χ2n) is 9.48. The van der Waals surface area contributed by atoms with Gasteiger partial charge in [0.15, 0.2) is 11.6 Å². The summed E-state index contributed by atoms with van der Waals surface area (Å²) in [5.41, 5.74) is 8.29. The van der Waals surface area contributed by atoms with Crippen LogP contribution in [-0.2, 0) is 0 Å². The van der Waals surface area contributed by atoms with Crippen molar-refractivity contribution in [2.75, 3.05) is 0 Å². The van der Waals surface area contributed by atoms with E-state index in [0.717, 1.165) is 56.2 Å². The maximum atomic E-state index is 4.99. The Labute approximate surface area is 224 Å². The van der Waals surface area contributed by atoms with Crippen LogP contribution in [0.15, 0.2) is 133 Å². The van der Waals surface area contributed by atoms with Gasteiger partial charge in [0.05, 0.1) is 27.8 Å². The molecular weight excluding hydrogens is 480 g/mol. The number of hydrogen-bond donors (Lipinski definition) is 0. The predicted molar refractivity (Wildman–Crippen MR) is 155 cm³/mol. The molecule has 39 heavy (non-hydrogen) atoms. The molecule has 0 N–H and O–H groups in total.